The molecule has 1 heterocycles. The van der Waals surface area contributed by atoms with Gasteiger partial charge in [0, 0.05) is 13.0 Å². The van der Waals surface area contributed by atoms with Gasteiger partial charge in [0.2, 0.25) is 11.8 Å². The largest absolute Gasteiger partial charge is 0.356 e. The Bertz CT molecular complexity index is 584. The van der Waals surface area contributed by atoms with Crippen molar-refractivity contribution in [3.8, 4) is 0 Å². The maximum absolute atomic E-state index is 12.1. The molecule has 3 N–H and O–H groups in total. The van der Waals surface area contributed by atoms with Crippen LogP contribution in [0.1, 0.15) is 37.0 Å². The van der Waals surface area contributed by atoms with Gasteiger partial charge in [-0.3, -0.25) is 14.4 Å². The topological polar surface area (TPSA) is 87.3 Å². The lowest BCUT2D eigenvalue weighted by molar-refractivity contribution is -0.122. The molecule has 3 amide bonds. The number of para-hydroxylation sites is 1. The second-order valence-electron chi connectivity index (χ2n) is 5.80. The van der Waals surface area contributed by atoms with Crippen LogP contribution in [0.4, 0.5) is 5.69 Å². The molecule has 0 bridgehead atoms. The first-order chi connectivity index (χ1) is 10.5. The van der Waals surface area contributed by atoms with Crippen molar-refractivity contribution in [3.63, 3.8) is 0 Å². The van der Waals surface area contributed by atoms with Crippen LogP contribution in [0.15, 0.2) is 24.3 Å². The summed E-state index contributed by atoms with van der Waals surface area (Å²) < 4.78 is 0. The predicted octanol–water partition coefficient (Wildman–Crippen LogP) is 1.29. The Balaban J connectivity index is 1.95. The minimum absolute atomic E-state index is 0.113. The molecule has 1 aromatic rings. The lowest BCUT2D eigenvalue weighted by atomic mass is 10.1. The average Bonchev–Trinajstić information content (AvgIpc) is 2.60. The fraction of sp³-hybridized carbons (Fsp3) is 0.438. The first-order valence-electron chi connectivity index (χ1n) is 7.45. The fourth-order valence-electron chi connectivity index (χ4n) is 2.20. The fourth-order valence-corrected chi connectivity index (χ4v) is 2.20. The van der Waals surface area contributed by atoms with Gasteiger partial charge in [0.15, 0.2) is 0 Å². The van der Waals surface area contributed by atoms with Crippen LogP contribution < -0.4 is 16.0 Å². The van der Waals surface area contributed by atoms with Gasteiger partial charge in [-0.15, -0.1) is 0 Å². The normalized spacial score (nSPS) is 17.3. The third-order valence-electron chi connectivity index (χ3n) is 3.42. The Kier molecular flexibility index (Phi) is 5.14. The number of rotatable bonds is 5. The summed E-state index contributed by atoms with van der Waals surface area (Å²) in [7, 11) is 0. The van der Waals surface area contributed by atoms with E-state index in [1.165, 1.54) is 0 Å². The first-order valence-corrected chi connectivity index (χ1v) is 7.45. The highest BCUT2D eigenvalue weighted by atomic mass is 16.2. The average molecular weight is 303 g/mol. The lowest BCUT2D eigenvalue weighted by Gasteiger charge is -2.14. The molecule has 6 nitrogen and oxygen atoms in total. The molecule has 0 unspecified atom stereocenters. The number of fused-ring (bicyclic) bond motifs is 1. The Hall–Kier alpha value is -2.37. The van der Waals surface area contributed by atoms with E-state index in [1.807, 2.05) is 13.8 Å². The molecule has 1 atom stereocenters. The molecule has 0 saturated carbocycles. The zero-order chi connectivity index (χ0) is 16.1. The minimum atomic E-state index is -0.704. The molecule has 0 fully saturated rings. The second kappa shape index (κ2) is 7.06. The molecule has 0 spiro atoms. The second-order valence-corrected chi connectivity index (χ2v) is 5.80. The van der Waals surface area contributed by atoms with Crippen LogP contribution in [0, 0.1) is 5.92 Å². The number of anilines is 1. The molecule has 1 aliphatic heterocycles. The highest BCUT2D eigenvalue weighted by Gasteiger charge is 2.27. The lowest BCUT2D eigenvalue weighted by Crippen LogP contribution is -2.42. The molecule has 118 valence electrons. The highest BCUT2D eigenvalue weighted by Crippen LogP contribution is 2.19. The molecule has 0 radical (unpaired) electrons. The van der Waals surface area contributed by atoms with Crippen molar-refractivity contribution in [2.45, 2.75) is 32.7 Å². The number of nitrogens with one attached hydrogen (secondary N) is 3. The third-order valence-corrected chi connectivity index (χ3v) is 3.42. The number of hydrogen-bond acceptors (Lipinski definition) is 3. The van der Waals surface area contributed by atoms with Gasteiger partial charge in [0.25, 0.3) is 5.91 Å². The zero-order valence-corrected chi connectivity index (χ0v) is 12.8. The molecule has 6 heteroatoms. The maximum Gasteiger partial charge on any atom is 0.254 e. The van der Waals surface area contributed by atoms with Crippen LogP contribution in [0.2, 0.25) is 0 Å². The summed E-state index contributed by atoms with van der Waals surface area (Å²) in [5, 5.41) is 8.19. The van der Waals surface area contributed by atoms with Gasteiger partial charge < -0.3 is 16.0 Å². The summed E-state index contributed by atoms with van der Waals surface area (Å²) in [5.41, 5.74) is 0.930. The number of benzene rings is 1. The van der Waals surface area contributed by atoms with Crippen LogP contribution in [0.25, 0.3) is 0 Å². The van der Waals surface area contributed by atoms with E-state index in [2.05, 4.69) is 16.0 Å². The number of hydrogen-bond donors (Lipinski definition) is 3. The van der Waals surface area contributed by atoms with E-state index in [4.69, 9.17) is 0 Å². The molecule has 2 rings (SSSR count). The van der Waals surface area contributed by atoms with Crippen LogP contribution in [-0.4, -0.2) is 30.3 Å². The van der Waals surface area contributed by atoms with Crippen LogP contribution >= 0.6 is 0 Å². The number of carbonyl (C=O) groups excluding carboxylic acids is 3. The summed E-state index contributed by atoms with van der Waals surface area (Å²) in [6.07, 6.45) is 0.469. The molecule has 0 saturated heterocycles. The van der Waals surface area contributed by atoms with Gasteiger partial charge in [0.1, 0.15) is 6.04 Å². The van der Waals surface area contributed by atoms with Crippen molar-refractivity contribution in [3.05, 3.63) is 29.8 Å². The van der Waals surface area contributed by atoms with Gasteiger partial charge in [-0.1, -0.05) is 26.0 Å². The summed E-state index contributed by atoms with van der Waals surface area (Å²) in [4.78, 5) is 36.0. The van der Waals surface area contributed by atoms with Gasteiger partial charge in [-0.05, 0) is 24.5 Å². The molecule has 1 aromatic carbocycles. The van der Waals surface area contributed by atoms with E-state index in [0.29, 0.717) is 23.7 Å². The van der Waals surface area contributed by atoms with Crippen LogP contribution in [-0.2, 0) is 9.59 Å². The van der Waals surface area contributed by atoms with E-state index in [9.17, 15) is 14.4 Å². The molecular weight excluding hydrogens is 282 g/mol. The number of amides is 3. The summed E-state index contributed by atoms with van der Waals surface area (Å²) in [6.45, 7) is 4.63. The van der Waals surface area contributed by atoms with Crippen molar-refractivity contribution in [2.24, 2.45) is 5.92 Å². The SMILES string of the molecule is CC(C)CNC(=O)CC[C@@H]1NC(=O)c2ccccc2NC1=O. The molecule has 0 aliphatic carbocycles. The van der Waals surface area contributed by atoms with Crippen molar-refractivity contribution < 1.29 is 14.4 Å². The molecule has 22 heavy (non-hydrogen) atoms. The van der Waals surface area contributed by atoms with E-state index in [0.717, 1.165) is 0 Å². The van der Waals surface area contributed by atoms with Gasteiger partial charge in [-0.2, -0.15) is 0 Å². The predicted molar refractivity (Wildman–Crippen MR) is 83.4 cm³/mol. The smallest absolute Gasteiger partial charge is 0.254 e. The highest BCUT2D eigenvalue weighted by molar-refractivity contribution is 6.09. The Morgan fingerprint density at radius 1 is 1.27 bits per heavy atom. The number of carbonyl (C=O) groups is 3. The Labute approximate surface area is 129 Å². The summed E-state index contributed by atoms with van der Waals surface area (Å²) in [6, 6.07) is 6.13. The molecule has 1 aliphatic rings. The molecular formula is C16H21N3O3. The van der Waals surface area contributed by atoms with Crippen LogP contribution in [0.3, 0.4) is 0 Å². The van der Waals surface area contributed by atoms with E-state index < -0.39 is 6.04 Å². The maximum atomic E-state index is 12.1. The Morgan fingerprint density at radius 2 is 2.00 bits per heavy atom. The van der Waals surface area contributed by atoms with Crippen molar-refractivity contribution in [1.82, 2.24) is 10.6 Å². The van der Waals surface area contributed by atoms with Crippen LogP contribution in [0.5, 0.6) is 0 Å². The van der Waals surface area contributed by atoms with Gasteiger partial charge >= 0.3 is 0 Å². The van der Waals surface area contributed by atoms with E-state index >= 15 is 0 Å². The molecule has 0 aromatic heterocycles. The standard InChI is InChI=1S/C16H21N3O3/c1-10(2)9-17-14(20)8-7-13-16(22)18-12-6-4-3-5-11(12)15(21)19-13/h3-6,10,13H,7-9H2,1-2H3,(H,17,20)(H,18,22)(H,19,21)/t13-/m0/s1. The quantitative estimate of drug-likeness (QED) is 0.766. The van der Waals surface area contributed by atoms with Crippen molar-refractivity contribution >= 4 is 23.4 Å². The minimum Gasteiger partial charge on any atom is -0.356 e. The summed E-state index contributed by atoms with van der Waals surface area (Å²) in [5.74, 6) is -0.340. The van der Waals surface area contributed by atoms with Crippen molar-refractivity contribution in [2.75, 3.05) is 11.9 Å². The van der Waals surface area contributed by atoms with Gasteiger partial charge in [0.05, 0.1) is 11.3 Å². The monoisotopic (exact) mass is 303 g/mol. The van der Waals surface area contributed by atoms with E-state index in [1.54, 1.807) is 24.3 Å². The van der Waals surface area contributed by atoms with E-state index in [-0.39, 0.29) is 30.6 Å². The summed E-state index contributed by atoms with van der Waals surface area (Å²) >= 11 is 0. The zero-order valence-electron chi connectivity index (χ0n) is 12.8. The Morgan fingerprint density at radius 3 is 2.73 bits per heavy atom. The van der Waals surface area contributed by atoms with Crippen molar-refractivity contribution in [1.29, 1.82) is 0 Å². The first kappa shape index (κ1) is 16.0. The third kappa shape index (κ3) is 4.07. The van der Waals surface area contributed by atoms with Gasteiger partial charge in [-0.25, -0.2) is 0 Å².